The van der Waals surface area contributed by atoms with E-state index in [4.69, 9.17) is 16.0 Å². The first-order valence-corrected chi connectivity index (χ1v) is 5.85. The number of furan rings is 1. The van der Waals surface area contributed by atoms with E-state index in [9.17, 15) is 4.79 Å². The number of halogens is 2. The molecule has 1 aromatic carbocycles. The van der Waals surface area contributed by atoms with Gasteiger partial charge in [0.05, 0.1) is 11.8 Å². The molecule has 0 spiro atoms. The molecule has 0 bridgehead atoms. The van der Waals surface area contributed by atoms with Crippen molar-refractivity contribution in [3.05, 3.63) is 57.4 Å². The molecule has 0 amide bonds. The van der Waals surface area contributed by atoms with E-state index in [1.807, 2.05) is 24.3 Å². The number of ketones is 1. The number of rotatable bonds is 3. The van der Waals surface area contributed by atoms with Crippen LogP contribution in [-0.2, 0) is 6.42 Å². The van der Waals surface area contributed by atoms with E-state index < -0.39 is 0 Å². The average molecular weight is 300 g/mol. The van der Waals surface area contributed by atoms with Gasteiger partial charge in [0.15, 0.2) is 5.78 Å². The highest BCUT2D eigenvalue weighted by Crippen LogP contribution is 2.22. The third-order valence-corrected chi connectivity index (χ3v) is 3.29. The molecule has 0 saturated heterocycles. The lowest BCUT2D eigenvalue weighted by Crippen LogP contribution is -2.03. The molecule has 0 fully saturated rings. The van der Waals surface area contributed by atoms with Crippen LogP contribution in [0, 0.1) is 0 Å². The van der Waals surface area contributed by atoms with Crippen LogP contribution in [0.4, 0.5) is 0 Å². The van der Waals surface area contributed by atoms with Gasteiger partial charge in [0.1, 0.15) is 0 Å². The van der Waals surface area contributed by atoms with E-state index in [1.165, 1.54) is 6.26 Å². The van der Waals surface area contributed by atoms with E-state index in [-0.39, 0.29) is 11.0 Å². The van der Waals surface area contributed by atoms with Crippen molar-refractivity contribution in [2.24, 2.45) is 0 Å². The van der Waals surface area contributed by atoms with Gasteiger partial charge in [-0.3, -0.25) is 4.79 Å². The predicted octanol–water partition coefficient (Wildman–Crippen LogP) is 4.12. The topological polar surface area (TPSA) is 30.2 Å². The Kier molecular flexibility index (Phi) is 3.46. The van der Waals surface area contributed by atoms with E-state index >= 15 is 0 Å². The van der Waals surface area contributed by atoms with Crippen LogP contribution in [-0.4, -0.2) is 5.78 Å². The van der Waals surface area contributed by atoms with Crippen molar-refractivity contribution < 1.29 is 9.21 Å². The number of hydrogen-bond donors (Lipinski definition) is 0. The molecule has 0 N–H and O–H groups in total. The number of carbonyl (C=O) groups is 1. The quantitative estimate of drug-likeness (QED) is 0.798. The Labute approximate surface area is 106 Å². The summed E-state index contributed by atoms with van der Waals surface area (Å²) in [4.78, 5) is 11.9. The molecule has 2 nitrogen and oxygen atoms in total. The van der Waals surface area contributed by atoms with Gasteiger partial charge < -0.3 is 4.42 Å². The van der Waals surface area contributed by atoms with Crippen LogP contribution < -0.4 is 0 Å². The average Bonchev–Trinajstić information content (AvgIpc) is 2.68. The van der Waals surface area contributed by atoms with E-state index in [0.29, 0.717) is 12.0 Å². The molecule has 0 radical (unpaired) electrons. The first kappa shape index (κ1) is 11.4. The van der Waals surface area contributed by atoms with Crippen molar-refractivity contribution in [3.8, 4) is 0 Å². The zero-order chi connectivity index (χ0) is 11.5. The fraction of sp³-hybridized carbons (Fsp3) is 0.0833. The molecule has 0 atom stereocenters. The minimum absolute atomic E-state index is 0.0503. The summed E-state index contributed by atoms with van der Waals surface area (Å²) in [5.41, 5.74) is 1.36. The number of hydrogen-bond acceptors (Lipinski definition) is 2. The maximum Gasteiger partial charge on any atom is 0.203 e. The number of Topliss-reactive ketones (excluding diaryl/α,β-unsaturated/α-hetero) is 1. The highest BCUT2D eigenvalue weighted by atomic mass is 79.9. The van der Waals surface area contributed by atoms with Crippen LogP contribution in [0.25, 0.3) is 0 Å². The van der Waals surface area contributed by atoms with Crippen LogP contribution >= 0.6 is 27.5 Å². The van der Waals surface area contributed by atoms with Crippen molar-refractivity contribution in [1.29, 1.82) is 0 Å². The van der Waals surface area contributed by atoms with Crippen LogP contribution in [0.5, 0.6) is 0 Å². The zero-order valence-electron chi connectivity index (χ0n) is 8.24. The van der Waals surface area contributed by atoms with Gasteiger partial charge >= 0.3 is 0 Å². The van der Waals surface area contributed by atoms with Crippen molar-refractivity contribution >= 4 is 33.3 Å². The molecular weight excluding hydrogens is 291 g/mol. The maximum atomic E-state index is 11.9. The largest absolute Gasteiger partial charge is 0.452 e. The molecule has 0 aliphatic carbocycles. The fourth-order valence-corrected chi connectivity index (χ4v) is 2.05. The van der Waals surface area contributed by atoms with E-state index in [0.717, 1.165) is 10.0 Å². The summed E-state index contributed by atoms with van der Waals surface area (Å²) in [5, 5.41) is 0.150. The number of carbonyl (C=O) groups excluding carboxylic acids is 1. The van der Waals surface area contributed by atoms with Crippen LogP contribution in [0.2, 0.25) is 5.22 Å². The molecule has 0 saturated carbocycles. The van der Waals surface area contributed by atoms with E-state index in [2.05, 4.69) is 15.9 Å². The Morgan fingerprint density at radius 2 is 2.06 bits per heavy atom. The van der Waals surface area contributed by atoms with Gasteiger partial charge in [0.25, 0.3) is 0 Å². The zero-order valence-corrected chi connectivity index (χ0v) is 10.6. The third kappa shape index (κ3) is 2.36. The lowest BCUT2D eigenvalue weighted by molar-refractivity contribution is 0.0992. The molecule has 4 heteroatoms. The lowest BCUT2D eigenvalue weighted by Gasteiger charge is -2.02. The summed E-state index contributed by atoms with van der Waals surface area (Å²) < 4.78 is 5.81. The summed E-state index contributed by atoms with van der Waals surface area (Å²) in [6.45, 7) is 0. The molecule has 1 heterocycles. The van der Waals surface area contributed by atoms with Crippen molar-refractivity contribution in [2.75, 3.05) is 0 Å². The molecule has 16 heavy (non-hydrogen) atoms. The van der Waals surface area contributed by atoms with Gasteiger partial charge in [-0.15, -0.1) is 0 Å². The Bertz CT molecular complexity index is 519. The predicted molar refractivity (Wildman–Crippen MR) is 65.9 cm³/mol. The molecular formula is C12H8BrClO2. The van der Waals surface area contributed by atoms with Gasteiger partial charge in [-0.25, -0.2) is 0 Å². The normalized spacial score (nSPS) is 10.4. The Balaban J connectivity index is 2.21. The summed E-state index contributed by atoms with van der Waals surface area (Å²) in [6.07, 6.45) is 1.72. The van der Waals surface area contributed by atoms with Crippen LogP contribution in [0.1, 0.15) is 15.9 Å². The second kappa shape index (κ2) is 4.85. The van der Waals surface area contributed by atoms with Gasteiger partial charge in [0.2, 0.25) is 5.22 Å². The summed E-state index contributed by atoms with van der Waals surface area (Å²) in [7, 11) is 0. The smallest absolute Gasteiger partial charge is 0.203 e. The molecule has 82 valence electrons. The van der Waals surface area contributed by atoms with Gasteiger partial charge in [0, 0.05) is 10.9 Å². The van der Waals surface area contributed by atoms with Gasteiger partial charge in [-0.05, 0) is 29.3 Å². The van der Waals surface area contributed by atoms with Gasteiger partial charge in [-0.2, -0.15) is 0 Å². The second-order valence-corrected chi connectivity index (χ2v) is 4.50. The first-order chi connectivity index (χ1) is 7.68. The fourth-order valence-electron chi connectivity index (χ4n) is 1.40. The minimum Gasteiger partial charge on any atom is -0.452 e. The van der Waals surface area contributed by atoms with Crippen molar-refractivity contribution in [1.82, 2.24) is 0 Å². The van der Waals surface area contributed by atoms with E-state index in [1.54, 1.807) is 6.07 Å². The second-order valence-electron chi connectivity index (χ2n) is 3.30. The highest BCUT2D eigenvalue weighted by molar-refractivity contribution is 9.10. The third-order valence-electron chi connectivity index (χ3n) is 2.23. The Morgan fingerprint density at radius 1 is 1.31 bits per heavy atom. The minimum atomic E-state index is -0.0503. The summed E-state index contributed by atoms with van der Waals surface area (Å²) >= 11 is 9.14. The summed E-state index contributed by atoms with van der Waals surface area (Å²) in [6, 6.07) is 9.18. The monoisotopic (exact) mass is 298 g/mol. The molecule has 0 unspecified atom stereocenters. The molecule has 2 rings (SSSR count). The van der Waals surface area contributed by atoms with Crippen molar-refractivity contribution in [2.45, 2.75) is 6.42 Å². The SMILES string of the molecule is O=C(Cc1ccccc1Br)c1ccoc1Cl. The number of benzene rings is 1. The van der Waals surface area contributed by atoms with Crippen LogP contribution in [0.3, 0.4) is 0 Å². The Morgan fingerprint density at radius 3 is 2.69 bits per heavy atom. The van der Waals surface area contributed by atoms with Crippen molar-refractivity contribution in [3.63, 3.8) is 0 Å². The van der Waals surface area contributed by atoms with Crippen LogP contribution in [0.15, 0.2) is 45.5 Å². The van der Waals surface area contributed by atoms with Gasteiger partial charge in [-0.1, -0.05) is 34.1 Å². The highest BCUT2D eigenvalue weighted by Gasteiger charge is 2.14. The standard InChI is InChI=1S/C12H8BrClO2/c13-10-4-2-1-3-8(10)7-11(15)9-5-6-16-12(9)14/h1-6H,7H2. The lowest BCUT2D eigenvalue weighted by atomic mass is 10.1. The first-order valence-electron chi connectivity index (χ1n) is 4.68. The Hall–Kier alpha value is -1.06. The molecule has 2 aromatic rings. The molecule has 0 aliphatic heterocycles. The summed E-state index contributed by atoms with van der Waals surface area (Å²) in [5.74, 6) is -0.0503. The maximum absolute atomic E-state index is 11.9. The molecule has 0 aliphatic rings. The molecule has 1 aromatic heterocycles.